The molecule has 3 heteroatoms. The lowest BCUT2D eigenvalue weighted by Gasteiger charge is -2.36. The van der Waals surface area contributed by atoms with Gasteiger partial charge in [0.1, 0.15) is 5.75 Å². The molecule has 3 nitrogen and oxygen atoms in total. The summed E-state index contributed by atoms with van der Waals surface area (Å²) in [7, 11) is 0. The summed E-state index contributed by atoms with van der Waals surface area (Å²) in [4.78, 5) is 0. The molecule has 0 aromatic heterocycles. The molecule has 1 aliphatic carbocycles. The Bertz CT molecular complexity index is 402. The fourth-order valence-electron chi connectivity index (χ4n) is 1.93. The molecule has 0 heterocycles. The van der Waals surface area contributed by atoms with Crippen LogP contribution in [0.5, 0.6) is 5.75 Å². The van der Waals surface area contributed by atoms with E-state index in [0.717, 1.165) is 24.8 Å². The minimum Gasteiger partial charge on any atom is -0.508 e. The Morgan fingerprint density at radius 1 is 1.43 bits per heavy atom. The number of nitrogens with two attached hydrogens (primary N) is 1. The maximum absolute atomic E-state index is 9.35. The van der Waals surface area contributed by atoms with Gasteiger partial charge < -0.3 is 10.8 Å². The van der Waals surface area contributed by atoms with Gasteiger partial charge in [0.05, 0.1) is 11.5 Å². The molecule has 0 radical (unpaired) electrons. The molecule has 1 aromatic carbocycles. The number of nitrogen functional groups attached to an aromatic ring is 1. The SMILES string of the molecule is N#CC1(c2cc(O)ccc2N)CCC1. The van der Waals surface area contributed by atoms with Gasteiger partial charge >= 0.3 is 0 Å². The Labute approximate surface area is 82.8 Å². The number of nitrogens with zero attached hydrogens (tertiary/aromatic N) is 1. The third-order valence-corrected chi connectivity index (χ3v) is 2.97. The van der Waals surface area contributed by atoms with E-state index in [4.69, 9.17) is 11.0 Å². The van der Waals surface area contributed by atoms with Crippen molar-refractivity contribution in [3.8, 4) is 11.8 Å². The summed E-state index contributed by atoms with van der Waals surface area (Å²) in [5.74, 6) is 0.177. The lowest BCUT2D eigenvalue weighted by Crippen LogP contribution is -2.33. The van der Waals surface area contributed by atoms with Crippen molar-refractivity contribution in [3.63, 3.8) is 0 Å². The van der Waals surface area contributed by atoms with E-state index in [-0.39, 0.29) is 5.75 Å². The number of aromatic hydroxyl groups is 1. The number of nitriles is 1. The zero-order valence-corrected chi connectivity index (χ0v) is 7.83. The van der Waals surface area contributed by atoms with E-state index in [2.05, 4.69) is 6.07 Å². The van der Waals surface area contributed by atoms with Crippen molar-refractivity contribution in [2.24, 2.45) is 0 Å². The zero-order chi connectivity index (χ0) is 10.2. The average molecular weight is 188 g/mol. The lowest BCUT2D eigenvalue weighted by atomic mass is 9.65. The third-order valence-electron chi connectivity index (χ3n) is 2.97. The molecule has 0 atom stereocenters. The first-order valence-electron chi connectivity index (χ1n) is 4.68. The Morgan fingerprint density at radius 3 is 2.64 bits per heavy atom. The molecule has 1 aromatic rings. The largest absolute Gasteiger partial charge is 0.508 e. The highest BCUT2D eigenvalue weighted by Crippen LogP contribution is 2.46. The van der Waals surface area contributed by atoms with Gasteiger partial charge in [0.25, 0.3) is 0 Å². The monoisotopic (exact) mass is 188 g/mol. The molecule has 0 bridgehead atoms. The maximum atomic E-state index is 9.35. The van der Waals surface area contributed by atoms with Crippen molar-refractivity contribution in [1.82, 2.24) is 0 Å². The number of hydrogen-bond acceptors (Lipinski definition) is 3. The van der Waals surface area contributed by atoms with Crippen LogP contribution in [0, 0.1) is 11.3 Å². The standard InChI is InChI=1S/C11H12N2O/c12-7-11(4-1-5-11)9-6-8(14)2-3-10(9)13/h2-3,6,14H,1,4-5,13H2. The van der Waals surface area contributed by atoms with Gasteiger partial charge in [-0.3, -0.25) is 0 Å². The minimum absolute atomic E-state index is 0.177. The van der Waals surface area contributed by atoms with E-state index >= 15 is 0 Å². The summed E-state index contributed by atoms with van der Waals surface area (Å²) < 4.78 is 0. The normalized spacial score (nSPS) is 18.2. The number of rotatable bonds is 1. The van der Waals surface area contributed by atoms with E-state index < -0.39 is 5.41 Å². The van der Waals surface area contributed by atoms with E-state index in [1.165, 1.54) is 0 Å². The number of hydrogen-bond donors (Lipinski definition) is 2. The van der Waals surface area contributed by atoms with Crippen molar-refractivity contribution in [2.75, 3.05) is 5.73 Å². The molecule has 0 aliphatic heterocycles. The second kappa shape index (κ2) is 2.91. The fourth-order valence-corrected chi connectivity index (χ4v) is 1.93. The minimum atomic E-state index is -0.442. The molecule has 1 saturated carbocycles. The van der Waals surface area contributed by atoms with Gasteiger partial charge in [0.15, 0.2) is 0 Å². The van der Waals surface area contributed by atoms with Gasteiger partial charge in [0.2, 0.25) is 0 Å². The molecular weight excluding hydrogens is 176 g/mol. The highest BCUT2D eigenvalue weighted by atomic mass is 16.3. The van der Waals surface area contributed by atoms with E-state index in [9.17, 15) is 5.11 Å². The summed E-state index contributed by atoms with van der Waals surface area (Å²) in [5, 5.41) is 18.5. The van der Waals surface area contributed by atoms with Crippen LogP contribution in [0.3, 0.4) is 0 Å². The molecule has 0 spiro atoms. The van der Waals surface area contributed by atoms with Crippen molar-refractivity contribution < 1.29 is 5.11 Å². The van der Waals surface area contributed by atoms with Crippen LogP contribution in [0.25, 0.3) is 0 Å². The van der Waals surface area contributed by atoms with Crippen LogP contribution >= 0.6 is 0 Å². The summed E-state index contributed by atoms with van der Waals surface area (Å²) in [6, 6.07) is 7.12. The predicted molar refractivity (Wildman–Crippen MR) is 53.7 cm³/mol. The molecule has 14 heavy (non-hydrogen) atoms. The van der Waals surface area contributed by atoms with Crippen LogP contribution in [0.4, 0.5) is 5.69 Å². The number of phenols is 1. The number of phenolic OH excluding ortho intramolecular Hbond substituents is 1. The molecule has 72 valence electrons. The maximum Gasteiger partial charge on any atom is 0.116 e. The molecule has 3 N–H and O–H groups in total. The molecule has 1 fully saturated rings. The predicted octanol–water partition coefficient (Wildman–Crippen LogP) is 1.92. The van der Waals surface area contributed by atoms with Crippen LogP contribution in [0.1, 0.15) is 24.8 Å². The smallest absolute Gasteiger partial charge is 0.116 e. The molecule has 2 rings (SSSR count). The van der Waals surface area contributed by atoms with Gasteiger partial charge in [-0.2, -0.15) is 5.26 Å². The summed E-state index contributed by atoms with van der Waals surface area (Å²) >= 11 is 0. The Hall–Kier alpha value is -1.69. The van der Waals surface area contributed by atoms with E-state index in [1.807, 2.05) is 0 Å². The second-order valence-electron chi connectivity index (χ2n) is 3.82. The van der Waals surface area contributed by atoms with Crippen LogP contribution in [-0.2, 0) is 5.41 Å². The first kappa shape index (κ1) is 8.89. The summed E-state index contributed by atoms with van der Waals surface area (Å²) in [5.41, 5.74) is 6.74. The van der Waals surface area contributed by atoms with E-state index in [1.54, 1.807) is 18.2 Å². The topological polar surface area (TPSA) is 70.0 Å². The van der Waals surface area contributed by atoms with Crippen molar-refractivity contribution in [3.05, 3.63) is 23.8 Å². The average Bonchev–Trinajstić information content (AvgIpc) is 2.10. The Kier molecular flexibility index (Phi) is 1.85. The number of anilines is 1. The second-order valence-corrected chi connectivity index (χ2v) is 3.82. The first-order valence-corrected chi connectivity index (χ1v) is 4.68. The highest BCUT2D eigenvalue weighted by molar-refractivity contribution is 5.57. The lowest BCUT2D eigenvalue weighted by molar-refractivity contribution is 0.324. The highest BCUT2D eigenvalue weighted by Gasteiger charge is 2.40. The van der Waals surface area contributed by atoms with Crippen LogP contribution in [0.15, 0.2) is 18.2 Å². The van der Waals surface area contributed by atoms with Crippen LogP contribution < -0.4 is 5.73 Å². The zero-order valence-electron chi connectivity index (χ0n) is 7.83. The van der Waals surface area contributed by atoms with Gasteiger partial charge in [-0.15, -0.1) is 0 Å². The molecule has 1 aliphatic rings. The molecule has 0 amide bonds. The Morgan fingerprint density at radius 2 is 2.14 bits per heavy atom. The Balaban J connectivity index is 2.50. The van der Waals surface area contributed by atoms with Gasteiger partial charge in [-0.1, -0.05) is 0 Å². The molecule has 0 saturated heterocycles. The van der Waals surface area contributed by atoms with Crippen molar-refractivity contribution >= 4 is 5.69 Å². The molecular formula is C11H12N2O. The van der Waals surface area contributed by atoms with Crippen LogP contribution in [-0.4, -0.2) is 5.11 Å². The summed E-state index contributed by atoms with van der Waals surface area (Å²) in [6.07, 6.45) is 2.75. The summed E-state index contributed by atoms with van der Waals surface area (Å²) in [6.45, 7) is 0. The third kappa shape index (κ3) is 1.12. The van der Waals surface area contributed by atoms with Gasteiger partial charge in [-0.05, 0) is 43.0 Å². The number of benzene rings is 1. The molecule has 0 unspecified atom stereocenters. The van der Waals surface area contributed by atoms with E-state index in [0.29, 0.717) is 5.69 Å². The quantitative estimate of drug-likeness (QED) is 0.522. The van der Waals surface area contributed by atoms with Crippen LogP contribution in [0.2, 0.25) is 0 Å². The first-order chi connectivity index (χ1) is 6.68. The van der Waals surface area contributed by atoms with Crippen molar-refractivity contribution in [1.29, 1.82) is 5.26 Å². The van der Waals surface area contributed by atoms with Gasteiger partial charge in [0, 0.05) is 5.69 Å². The van der Waals surface area contributed by atoms with Crippen molar-refractivity contribution in [2.45, 2.75) is 24.7 Å². The van der Waals surface area contributed by atoms with Gasteiger partial charge in [-0.25, -0.2) is 0 Å². The fraction of sp³-hybridized carbons (Fsp3) is 0.364.